The van der Waals surface area contributed by atoms with Gasteiger partial charge in [-0.15, -0.1) is 11.3 Å². The Morgan fingerprint density at radius 3 is 2.44 bits per heavy atom. The van der Waals surface area contributed by atoms with Crippen LogP contribution in [-0.2, 0) is 0 Å². The van der Waals surface area contributed by atoms with Gasteiger partial charge in [-0.05, 0) is 62.7 Å². The number of ether oxygens (including phenoxy) is 2. The number of amides is 1. The van der Waals surface area contributed by atoms with Gasteiger partial charge in [-0.25, -0.2) is 9.97 Å². The van der Waals surface area contributed by atoms with Gasteiger partial charge in [0.1, 0.15) is 5.00 Å². The molecule has 8 heteroatoms. The molecule has 0 fully saturated rings. The number of carbonyl (C=O) groups excluding carboxylic acids is 1. The van der Waals surface area contributed by atoms with Crippen molar-refractivity contribution in [2.75, 3.05) is 17.4 Å². The van der Waals surface area contributed by atoms with Gasteiger partial charge < -0.3 is 20.1 Å². The van der Waals surface area contributed by atoms with Crippen LogP contribution in [0.2, 0.25) is 0 Å². The van der Waals surface area contributed by atoms with Crippen molar-refractivity contribution in [2.24, 2.45) is 0 Å². The van der Waals surface area contributed by atoms with E-state index in [4.69, 9.17) is 9.47 Å². The number of nitrogens with one attached hydrogen (secondary N) is 2. The van der Waals surface area contributed by atoms with Gasteiger partial charge in [-0.3, -0.25) is 4.79 Å². The van der Waals surface area contributed by atoms with Gasteiger partial charge in [-0.2, -0.15) is 0 Å². The van der Waals surface area contributed by atoms with E-state index < -0.39 is 0 Å². The number of aromatic nitrogens is 2. The number of carbonyl (C=O) groups is 1. The summed E-state index contributed by atoms with van der Waals surface area (Å²) in [5.74, 6) is 1.76. The highest BCUT2D eigenvalue weighted by Gasteiger charge is 2.25. The molecule has 2 N–H and O–H groups in total. The molecular weight excluding hydrogens is 448 g/mol. The average Bonchev–Trinajstić information content (AvgIpc) is 3.43. The van der Waals surface area contributed by atoms with Crippen LogP contribution >= 0.6 is 11.3 Å². The number of rotatable bonds is 6. The first kappa shape index (κ1) is 21.9. The summed E-state index contributed by atoms with van der Waals surface area (Å²) < 4.78 is 11.1. The van der Waals surface area contributed by atoms with Crippen LogP contribution in [0.5, 0.6) is 11.5 Å². The van der Waals surface area contributed by atoms with Gasteiger partial charge in [0.2, 0.25) is 12.7 Å². The van der Waals surface area contributed by atoms with Crippen LogP contribution in [0.3, 0.4) is 0 Å². The fourth-order valence-corrected chi connectivity index (χ4v) is 4.91. The summed E-state index contributed by atoms with van der Waals surface area (Å²) in [6.45, 7) is 6.11. The summed E-state index contributed by atoms with van der Waals surface area (Å²) in [7, 11) is 0. The Morgan fingerprint density at radius 1 is 0.941 bits per heavy atom. The van der Waals surface area contributed by atoms with E-state index in [2.05, 4.69) is 26.7 Å². The van der Waals surface area contributed by atoms with Crippen LogP contribution in [0.25, 0.3) is 0 Å². The van der Waals surface area contributed by atoms with Crippen molar-refractivity contribution in [3.8, 4) is 11.5 Å². The molecule has 1 aliphatic rings. The van der Waals surface area contributed by atoms with E-state index in [1.165, 1.54) is 11.3 Å². The lowest BCUT2D eigenvalue weighted by Crippen LogP contribution is -2.18. The third-order valence-corrected chi connectivity index (χ3v) is 6.43. The standard InChI is InChI=1S/C26H24N4O3S/c1-15-11-16(2)28-26(27-15)29-23(19-9-10-21-22(13-19)33-14-32-21)20-12-17(3)34-25(20)30-24(31)18-7-5-4-6-8-18/h4-13,23H,14H2,1-3H3,(H,30,31)(H,27,28,29)/t23-/m0/s1. The van der Waals surface area contributed by atoms with E-state index in [0.717, 1.165) is 32.4 Å². The Hall–Kier alpha value is -3.91. The lowest BCUT2D eigenvalue weighted by atomic mass is 9.99. The minimum absolute atomic E-state index is 0.157. The highest BCUT2D eigenvalue weighted by atomic mass is 32.1. The molecule has 0 bridgehead atoms. The highest BCUT2D eigenvalue weighted by molar-refractivity contribution is 7.16. The Labute approximate surface area is 201 Å². The number of thiophene rings is 1. The third kappa shape index (κ3) is 4.58. The summed E-state index contributed by atoms with van der Waals surface area (Å²) in [4.78, 5) is 23.2. The molecule has 2 aromatic carbocycles. The number of aryl methyl sites for hydroxylation is 3. The molecule has 0 unspecified atom stereocenters. The van der Waals surface area contributed by atoms with Crippen molar-refractivity contribution in [3.05, 3.63) is 93.6 Å². The zero-order valence-corrected chi connectivity index (χ0v) is 19.9. The predicted molar refractivity (Wildman–Crippen MR) is 133 cm³/mol. The summed E-state index contributed by atoms with van der Waals surface area (Å²) in [5.41, 5.74) is 4.22. The molecule has 1 aliphatic heterocycles. The Morgan fingerprint density at radius 2 is 1.68 bits per heavy atom. The van der Waals surface area contributed by atoms with Crippen LogP contribution in [0.15, 0.2) is 60.7 Å². The summed E-state index contributed by atoms with van der Waals surface area (Å²) in [5, 5.41) is 7.36. The number of hydrogen-bond donors (Lipinski definition) is 2. The van der Waals surface area contributed by atoms with Crippen LogP contribution in [-0.4, -0.2) is 22.7 Å². The number of anilines is 2. The molecule has 2 aromatic heterocycles. The molecule has 0 spiro atoms. The quantitative estimate of drug-likeness (QED) is 0.377. The van der Waals surface area contributed by atoms with Crippen molar-refractivity contribution in [1.29, 1.82) is 0 Å². The minimum atomic E-state index is -0.327. The molecule has 0 saturated carbocycles. The monoisotopic (exact) mass is 472 g/mol. The van der Waals surface area contributed by atoms with Crippen LogP contribution < -0.4 is 20.1 Å². The number of benzene rings is 2. The van der Waals surface area contributed by atoms with Gasteiger partial charge in [0.05, 0.1) is 6.04 Å². The van der Waals surface area contributed by atoms with Gasteiger partial charge >= 0.3 is 0 Å². The van der Waals surface area contributed by atoms with Crippen molar-refractivity contribution < 1.29 is 14.3 Å². The molecule has 0 radical (unpaired) electrons. The number of fused-ring (bicyclic) bond motifs is 1. The van der Waals surface area contributed by atoms with Crippen LogP contribution in [0.4, 0.5) is 10.9 Å². The zero-order chi connectivity index (χ0) is 23.7. The molecule has 3 heterocycles. The first-order valence-corrected chi connectivity index (χ1v) is 11.7. The van der Waals surface area contributed by atoms with E-state index in [9.17, 15) is 4.79 Å². The number of nitrogens with zero attached hydrogens (tertiary/aromatic N) is 2. The smallest absolute Gasteiger partial charge is 0.256 e. The molecular formula is C26H24N4O3S. The first-order chi connectivity index (χ1) is 16.5. The van der Waals surface area contributed by atoms with Gasteiger partial charge in [0.15, 0.2) is 11.5 Å². The van der Waals surface area contributed by atoms with Gasteiger partial charge in [0, 0.05) is 27.4 Å². The van der Waals surface area contributed by atoms with Gasteiger partial charge in [0.25, 0.3) is 5.91 Å². The molecule has 1 atom stereocenters. The molecule has 7 nitrogen and oxygen atoms in total. The highest BCUT2D eigenvalue weighted by Crippen LogP contribution is 2.41. The second-order valence-electron chi connectivity index (χ2n) is 8.13. The van der Waals surface area contributed by atoms with E-state index in [-0.39, 0.29) is 18.7 Å². The van der Waals surface area contributed by atoms with E-state index in [1.807, 2.05) is 63.2 Å². The molecule has 34 heavy (non-hydrogen) atoms. The van der Waals surface area contributed by atoms with Crippen molar-refractivity contribution >= 4 is 28.2 Å². The maximum absolute atomic E-state index is 12.9. The normalized spacial score (nSPS) is 12.9. The maximum atomic E-state index is 12.9. The molecule has 5 rings (SSSR count). The molecule has 4 aromatic rings. The minimum Gasteiger partial charge on any atom is -0.454 e. The lowest BCUT2D eigenvalue weighted by Gasteiger charge is -2.21. The fourth-order valence-electron chi connectivity index (χ4n) is 3.96. The molecule has 1 amide bonds. The van der Waals surface area contributed by atoms with E-state index in [0.29, 0.717) is 23.0 Å². The topological polar surface area (TPSA) is 85.4 Å². The van der Waals surface area contributed by atoms with Crippen molar-refractivity contribution in [1.82, 2.24) is 9.97 Å². The largest absolute Gasteiger partial charge is 0.454 e. The second-order valence-corrected chi connectivity index (χ2v) is 9.38. The third-order valence-electron chi connectivity index (χ3n) is 5.44. The SMILES string of the molecule is Cc1cc(C)nc(N[C@@H](c2ccc3c(c2)OCO3)c2cc(C)sc2NC(=O)c2ccccc2)n1. The maximum Gasteiger partial charge on any atom is 0.256 e. The van der Waals surface area contributed by atoms with E-state index >= 15 is 0 Å². The number of hydrogen-bond acceptors (Lipinski definition) is 7. The zero-order valence-electron chi connectivity index (χ0n) is 19.1. The lowest BCUT2D eigenvalue weighted by molar-refractivity contribution is 0.102. The summed E-state index contributed by atoms with van der Waals surface area (Å²) >= 11 is 1.53. The predicted octanol–water partition coefficient (Wildman–Crippen LogP) is 5.65. The fraction of sp³-hybridized carbons (Fsp3) is 0.192. The Bertz CT molecular complexity index is 1330. The summed E-state index contributed by atoms with van der Waals surface area (Å²) in [6, 6.07) is 18.7. The Kier molecular flexibility index (Phi) is 5.90. The first-order valence-electron chi connectivity index (χ1n) is 10.9. The van der Waals surface area contributed by atoms with Crippen molar-refractivity contribution in [2.45, 2.75) is 26.8 Å². The second kappa shape index (κ2) is 9.15. The molecule has 0 aliphatic carbocycles. The van der Waals surface area contributed by atoms with Crippen LogP contribution in [0.1, 0.15) is 43.8 Å². The average molecular weight is 473 g/mol. The van der Waals surface area contributed by atoms with Gasteiger partial charge in [-0.1, -0.05) is 24.3 Å². The molecule has 172 valence electrons. The van der Waals surface area contributed by atoms with E-state index in [1.54, 1.807) is 12.1 Å². The van der Waals surface area contributed by atoms with Crippen LogP contribution in [0, 0.1) is 20.8 Å². The molecule has 0 saturated heterocycles. The van der Waals surface area contributed by atoms with Crippen molar-refractivity contribution in [3.63, 3.8) is 0 Å². The Balaban J connectivity index is 1.56. The summed E-state index contributed by atoms with van der Waals surface area (Å²) in [6.07, 6.45) is 0.